The smallest absolute Gasteiger partial charge is 0.246 e. The molecule has 0 aliphatic rings. The molecule has 0 saturated carbocycles. The second-order valence-corrected chi connectivity index (χ2v) is 3.93. The van der Waals surface area contributed by atoms with Gasteiger partial charge in [-0.1, -0.05) is 15.9 Å². The number of aromatic nitrogens is 4. The van der Waals surface area contributed by atoms with Crippen molar-refractivity contribution in [2.75, 3.05) is 12.4 Å². The second kappa shape index (κ2) is 4.32. The lowest BCUT2D eigenvalue weighted by Gasteiger charge is -2.02. The maximum Gasteiger partial charge on any atom is 0.246 e. The number of methoxy groups -OCH3 is 1. The molecule has 15 heavy (non-hydrogen) atoms. The lowest BCUT2D eigenvalue weighted by atomic mass is 10.5. The molecule has 2 heterocycles. The SMILES string of the molecule is COc1nc(Cl)nc2c1ncn2CCBr. The number of nitrogens with zero attached hydrogens (tertiary/aromatic N) is 4. The van der Waals surface area contributed by atoms with Crippen molar-refractivity contribution in [2.24, 2.45) is 0 Å². The van der Waals surface area contributed by atoms with Crippen LogP contribution in [0, 0.1) is 0 Å². The normalized spacial score (nSPS) is 10.9. The lowest BCUT2D eigenvalue weighted by molar-refractivity contribution is 0.402. The van der Waals surface area contributed by atoms with E-state index in [1.807, 2.05) is 4.57 Å². The summed E-state index contributed by atoms with van der Waals surface area (Å²) in [5, 5.41) is 0.984. The van der Waals surface area contributed by atoms with Crippen LogP contribution in [0.15, 0.2) is 6.33 Å². The number of aryl methyl sites for hydroxylation is 1. The fourth-order valence-electron chi connectivity index (χ4n) is 1.29. The van der Waals surface area contributed by atoms with E-state index in [1.54, 1.807) is 6.33 Å². The fraction of sp³-hybridized carbons (Fsp3) is 0.375. The van der Waals surface area contributed by atoms with Gasteiger partial charge in [0.05, 0.1) is 13.4 Å². The Labute approximate surface area is 99.6 Å². The molecule has 5 nitrogen and oxygen atoms in total. The molecule has 80 valence electrons. The average molecular weight is 292 g/mol. The minimum atomic E-state index is 0.163. The van der Waals surface area contributed by atoms with Crippen LogP contribution in [0.1, 0.15) is 0 Å². The van der Waals surface area contributed by atoms with E-state index in [9.17, 15) is 0 Å². The van der Waals surface area contributed by atoms with Gasteiger partial charge in [-0.15, -0.1) is 0 Å². The third-order valence-corrected chi connectivity index (χ3v) is 2.45. The molecule has 0 unspecified atom stereocenters. The highest BCUT2D eigenvalue weighted by Gasteiger charge is 2.12. The highest BCUT2D eigenvalue weighted by molar-refractivity contribution is 9.09. The third-order valence-electron chi connectivity index (χ3n) is 1.92. The first kappa shape index (κ1) is 10.6. The zero-order valence-corrected chi connectivity index (χ0v) is 10.3. The first-order valence-corrected chi connectivity index (χ1v) is 5.74. The number of fused-ring (bicyclic) bond motifs is 1. The van der Waals surface area contributed by atoms with Crippen molar-refractivity contribution in [1.29, 1.82) is 0 Å². The van der Waals surface area contributed by atoms with Crippen LogP contribution in [0.5, 0.6) is 5.88 Å². The largest absolute Gasteiger partial charge is 0.479 e. The number of alkyl halides is 1. The second-order valence-electron chi connectivity index (χ2n) is 2.80. The summed E-state index contributed by atoms with van der Waals surface area (Å²) in [6.45, 7) is 0.771. The van der Waals surface area contributed by atoms with Crippen molar-refractivity contribution in [3.05, 3.63) is 11.6 Å². The van der Waals surface area contributed by atoms with Crippen molar-refractivity contribution < 1.29 is 4.74 Å². The number of hydrogen-bond donors (Lipinski definition) is 0. The van der Waals surface area contributed by atoms with Gasteiger partial charge >= 0.3 is 0 Å². The summed E-state index contributed by atoms with van der Waals surface area (Å²) in [6.07, 6.45) is 1.69. The van der Waals surface area contributed by atoms with Crippen molar-refractivity contribution in [3.63, 3.8) is 0 Å². The maximum atomic E-state index is 5.78. The molecular weight excluding hydrogens is 283 g/mol. The van der Waals surface area contributed by atoms with Gasteiger partial charge in [0, 0.05) is 11.9 Å². The van der Waals surface area contributed by atoms with Gasteiger partial charge in [0.25, 0.3) is 0 Å². The van der Waals surface area contributed by atoms with Crippen LogP contribution < -0.4 is 4.74 Å². The van der Waals surface area contributed by atoms with E-state index >= 15 is 0 Å². The zero-order chi connectivity index (χ0) is 10.8. The molecule has 2 aromatic heterocycles. The van der Waals surface area contributed by atoms with E-state index in [4.69, 9.17) is 16.3 Å². The van der Waals surface area contributed by atoms with Gasteiger partial charge in [-0.2, -0.15) is 9.97 Å². The van der Waals surface area contributed by atoms with Crippen LogP contribution in [-0.2, 0) is 6.54 Å². The summed E-state index contributed by atoms with van der Waals surface area (Å²) in [7, 11) is 1.53. The first-order chi connectivity index (χ1) is 7.26. The van der Waals surface area contributed by atoms with Crippen LogP contribution in [-0.4, -0.2) is 32.0 Å². The molecule has 0 radical (unpaired) electrons. The Hall–Kier alpha value is -0.880. The topological polar surface area (TPSA) is 52.8 Å². The molecule has 0 fully saturated rings. The van der Waals surface area contributed by atoms with Crippen molar-refractivity contribution in [2.45, 2.75) is 6.54 Å². The van der Waals surface area contributed by atoms with E-state index in [2.05, 4.69) is 30.9 Å². The van der Waals surface area contributed by atoms with Crippen LogP contribution in [0.4, 0.5) is 0 Å². The Morgan fingerprint density at radius 3 is 3.00 bits per heavy atom. The molecule has 2 rings (SSSR count). The summed E-state index contributed by atoms with van der Waals surface area (Å²) < 4.78 is 6.97. The minimum absolute atomic E-state index is 0.163. The molecule has 0 aromatic carbocycles. The summed E-state index contributed by atoms with van der Waals surface area (Å²) in [4.78, 5) is 12.2. The summed E-state index contributed by atoms with van der Waals surface area (Å²) in [5.74, 6) is 0.401. The van der Waals surface area contributed by atoms with Crippen LogP contribution in [0.25, 0.3) is 11.2 Å². The molecule has 0 aliphatic carbocycles. The maximum absolute atomic E-state index is 5.78. The molecule has 7 heteroatoms. The van der Waals surface area contributed by atoms with Gasteiger partial charge in [-0.05, 0) is 11.6 Å². The highest BCUT2D eigenvalue weighted by atomic mass is 79.9. The molecule has 0 N–H and O–H groups in total. The monoisotopic (exact) mass is 290 g/mol. The van der Waals surface area contributed by atoms with Gasteiger partial charge in [0.15, 0.2) is 11.2 Å². The van der Waals surface area contributed by atoms with Crippen LogP contribution >= 0.6 is 27.5 Å². The molecule has 0 saturated heterocycles. The molecular formula is C8H8BrClN4O. The molecule has 0 amide bonds. The third kappa shape index (κ3) is 1.91. The van der Waals surface area contributed by atoms with Gasteiger partial charge in [-0.25, -0.2) is 4.98 Å². The van der Waals surface area contributed by atoms with Gasteiger partial charge < -0.3 is 9.30 Å². The number of halogens is 2. The predicted octanol–water partition coefficient (Wildman–Crippen LogP) is 1.88. The van der Waals surface area contributed by atoms with E-state index in [1.165, 1.54) is 7.11 Å². The van der Waals surface area contributed by atoms with E-state index in [0.717, 1.165) is 11.9 Å². The first-order valence-electron chi connectivity index (χ1n) is 4.24. The Kier molecular flexibility index (Phi) is 3.06. The molecule has 0 atom stereocenters. The predicted molar refractivity (Wildman–Crippen MR) is 60.7 cm³/mol. The quantitative estimate of drug-likeness (QED) is 0.640. The lowest BCUT2D eigenvalue weighted by Crippen LogP contribution is -1.99. The number of imidazole rings is 1. The van der Waals surface area contributed by atoms with E-state index in [-0.39, 0.29) is 5.28 Å². The van der Waals surface area contributed by atoms with Crippen molar-refractivity contribution in [3.8, 4) is 5.88 Å². The fourth-order valence-corrected chi connectivity index (χ4v) is 1.83. The Bertz CT molecular complexity index is 487. The Morgan fingerprint density at radius 1 is 1.53 bits per heavy atom. The standard InChI is InChI=1S/C8H8BrClN4O/c1-15-7-5-6(12-8(10)13-7)14(3-2-9)4-11-5/h4H,2-3H2,1H3. The van der Waals surface area contributed by atoms with Gasteiger partial charge in [0.2, 0.25) is 11.2 Å². The number of rotatable bonds is 3. The zero-order valence-electron chi connectivity index (χ0n) is 7.94. The molecule has 0 spiro atoms. The minimum Gasteiger partial charge on any atom is -0.479 e. The van der Waals surface area contributed by atoms with Crippen LogP contribution in [0.3, 0.4) is 0 Å². The van der Waals surface area contributed by atoms with E-state index in [0.29, 0.717) is 17.0 Å². The summed E-state index contributed by atoms with van der Waals surface area (Å²) >= 11 is 9.13. The van der Waals surface area contributed by atoms with Gasteiger partial charge in [0.1, 0.15) is 0 Å². The Morgan fingerprint density at radius 2 is 2.33 bits per heavy atom. The average Bonchev–Trinajstić information content (AvgIpc) is 2.61. The molecule has 0 aliphatic heterocycles. The van der Waals surface area contributed by atoms with Crippen molar-refractivity contribution in [1.82, 2.24) is 19.5 Å². The number of ether oxygens (including phenoxy) is 1. The summed E-state index contributed by atoms with van der Waals surface area (Å²) in [6, 6.07) is 0. The van der Waals surface area contributed by atoms with Crippen LogP contribution in [0.2, 0.25) is 5.28 Å². The number of hydrogen-bond acceptors (Lipinski definition) is 4. The molecule has 2 aromatic rings. The molecule has 0 bridgehead atoms. The Balaban J connectivity index is 2.64. The van der Waals surface area contributed by atoms with Crippen molar-refractivity contribution >= 4 is 38.7 Å². The van der Waals surface area contributed by atoms with Gasteiger partial charge in [-0.3, -0.25) is 0 Å². The highest BCUT2D eigenvalue weighted by Crippen LogP contribution is 2.22. The summed E-state index contributed by atoms with van der Waals surface area (Å²) in [5.41, 5.74) is 1.31. The van der Waals surface area contributed by atoms with E-state index < -0.39 is 0 Å².